The maximum Gasteiger partial charge on any atom is 0.279 e. The molecule has 0 heterocycles. The smallest absolute Gasteiger partial charge is 0.279 e. The molecule has 0 aromatic carbocycles. The van der Waals surface area contributed by atoms with Crippen LogP contribution < -0.4 is 10.0 Å². The largest absolute Gasteiger partial charge is 0.314 e. The summed E-state index contributed by atoms with van der Waals surface area (Å²) < 4.78 is 28.0. The van der Waals surface area contributed by atoms with Gasteiger partial charge in [-0.05, 0) is 39.0 Å². The Kier molecular flexibility index (Phi) is 6.94. The fraction of sp³-hybridized carbons (Fsp3) is 1.00. The summed E-state index contributed by atoms with van der Waals surface area (Å²) in [6, 6.07) is 0.656. The van der Waals surface area contributed by atoms with Crippen LogP contribution in [0.5, 0.6) is 0 Å². The molecule has 1 atom stereocenters. The number of nitrogens with zero attached hydrogens (tertiary/aromatic N) is 1. The fourth-order valence-corrected chi connectivity index (χ4v) is 3.47. The van der Waals surface area contributed by atoms with Crippen LogP contribution in [-0.2, 0) is 10.2 Å². The minimum absolute atomic E-state index is 0.0305. The highest BCUT2D eigenvalue weighted by molar-refractivity contribution is 7.98. The first-order valence-corrected chi connectivity index (χ1v) is 9.25. The van der Waals surface area contributed by atoms with Gasteiger partial charge >= 0.3 is 0 Å². The molecule has 0 amide bonds. The first-order valence-electron chi connectivity index (χ1n) is 6.41. The summed E-state index contributed by atoms with van der Waals surface area (Å²) >= 11 is 1.64. The summed E-state index contributed by atoms with van der Waals surface area (Å²) in [6.07, 6.45) is 5.35. The van der Waals surface area contributed by atoms with E-state index in [0.717, 1.165) is 18.7 Å². The highest BCUT2D eigenvalue weighted by Gasteiger charge is 2.21. The quantitative estimate of drug-likeness (QED) is 0.581. The molecule has 1 aliphatic rings. The van der Waals surface area contributed by atoms with Gasteiger partial charge in [-0.15, -0.1) is 0 Å². The molecule has 7 heteroatoms. The molecular weight excluding hydrogens is 270 g/mol. The van der Waals surface area contributed by atoms with E-state index in [9.17, 15) is 8.42 Å². The molecule has 0 bridgehead atoms. The summed E-state index contributed by atoms with van der Waals surface area (Å²) in [4.78, 5) is 0. The molecular formula is C11H25N3O2S2. The van der Waals surface area contributed by atoms with Crippen LogP contribution in [-0.4, -0.2) is 57.0 Å². The Morgan fingerprint density at radius 3 is 2.67 bits per heavy atom. The lowest BCUT2D eigenvalue weighted by Crippen LogP contribution is -2.44. The van der Waals surface area contributed by atoms with Crippen LogP contribution in [0.2, 0.25) is 0 Å². The molecule has 0 spiro atoms. The zero-order valence-corrected chi connectivity index (χ0v) is 13.1. The lowest BCUT2D eigenvalue weighted by atomic mass is 10.4. The van der Waals surface area contributed by atoms with E-state index in [0.29, 0.717) is 12.6 Å². The lowest BCUT2D eigenvalue weighted by molar-refractivity contribution is 0.440. The molecule has 108 valence electrons. The first kappa shape index (κ1) is 16.2. The van der Waals surface area contributed by atoms with Gasteiger partial charge in [0, 0.05) is 31.4 Å². The molecule has 1 saturated carbocycles. The van der Waals surface area contributed by atoms with Gasteiger partial charge in [-0.1, -0.05) is 0 Å². The molecule has 2 N–H and O–H groups in total. The number of hydrogen-bond acceptors (Lipinski definition) is 4. The SMILES string of the molecule is CSCC(C)NS(=O)(=O)N(C)CCCNC1CC1. The van der Waals surface area contributed by atoms with E-state index >= 15 is 0 Å². The fourth-order valence-electron chi connectivity index (χ4n) is 1.64. The van der Waals surface area contributed by atoms with Gasteiger partial charge in [0.1, 0.15) is 0 Å². The van der Waals surface area contributed by atoms with Crippen molar-refractivity contribution in [2.45, 2.75) is 38.3 Å². The maximum absolute atomic E-state index is 11.9. The number of hydrogen-bond donors (Lipinski definition) is 2. The summed E-state index contributed by atoms with van der Waals surface area (Å²) in [5, 5.41) is 3.38. The van der Waals surface area contributed by atoms with Crippen LogP contribution in [0.4, 0.5) is 0 Å². The summed E-state index contributed by atoms with van der Waals surface area (Å²) in [6.45, 7) is 3.34. The molecule has 0 aromatic heterocycles. The van der Waals surface area contributed by atoms with Gasteiger partial charge in [0.25, 0.3) is 10.2 Å². The van der Waals surface area contributed by atoms with Crippen molar-refractivity contribution in [1.82, 2.24) is 14.3 Å². The number of thioether (sulfide) groups is 1. The Bertz CT molecular complexity index is 331. The standard InChI is InChI=1S/C11H25N3O2S2/c1-10(9-17-3)13-18(15,16)14(2)8-4-7-12-11-5-6-11/h10-13H,4-9H2,1-3H3. The predicted octanol–water partition coefficient (Wildman–Crippen LogP) is 0.646. The molecule has 0 saturated heterocycles. The third-order valence-electron chi connectivity index (χ3n) is 2.84. The van der Waals surface area contributed by atoms with E-state index in [-0.39, 0.29) is 6.04 Å². The van der Waals surface area contributed by atoms with Crippen molar-refractivity contribution in [3.8, 4) is 0 Å². The summed E-state index contributed by atoms with van der Waals surface area (Å²) in [5.74, 6) is 0.788. The minimum Gasteiger partial charge on any atom is -0.314 e. The third-order valence-corrected chi connectivity index (χ3v) is 5.37. The van der Waals surface area contributed by atoms with Crippen molar-refractivity contribution in [3.05, 3.63) is 0 Å². The second-order valence-corrected chi connectivity index (χ2v) is 7.60. The van der Waals surface area contributed by atoms with E-state index < -0.39 is 10.2 Å². The van der Waals surface area contributed by atoms with Crippen molar-refractivity contribution < 1.29 is 8.42 Å². The average Bonchev–Trinajstić information content (AvgIpc) is 3.07. The predicted molar refractivity (Wildman–Crippen MR) is 78.2 cm³/mol. The number of rotatable bonds is 10. The Balaban J connectivity index is 2.21. The molecule has 1 fully saturated rings. The van der Waals surface area contributed by atoms with Crippen molar-refractivity contribution in [2.75, 3.05) is 32.1 Å². The van der Waals surface area contributed by atoms with Gasteiger partial charge < -0.3 is 5.32 Å². The van der Waals surface area contributed by atoms with Gasteiger partial charge in [-0.3, -0.25) is 0 Å². The summed E-state index contributed by atoms with van der Waals surface area (Å²) in [5.41, 5.74) is 0. The van der Waals surface area contributed by atoms with E-state index in [4.69, 9.17) is 0 Å². The molecule has 1 rings (SSSR count). The Hall–Kier alpha value is 0.180. The van der Waals surface area contributed by atoms with Crippen LogP contribution in [0.15, 0.2) is 0 Å². The molecule has 18 heavy (non-hydrogen) atoms. The zero-order valence-electron chi connectivity index (χ0n) is 11.5. The molecule has 1 aliphatic carbocycles. The Labute approximate surface area is 115 Å². The highest BCUT2D eigenvalue weighted by atomic mass is 32.2. The molecule has 1 unspecified atom stereocenters. The van der Waals surface area contributed by atoms with E-state index in [1.54, 1.807) is 18.8 Å². The van der Waals surface area contributed by atoms with Gasteiger partial charge in [0.05, 0.1) is 0 Å². The van der Waals surface area contributed by atoms with Gasteiger partial charge in [0.2, 0.25) is 0 Å². The maximum atomic E-state index is 11.9. The average molecular weight is 295 g/mol. The second kappa shape index (κ2) is 7.69. The van der Waals surface area contributed by atoms with E-state index in [2.05, 4.69) is 10.0 Å². The van der Waals surface area contributed by atoms with Crippen LogP contribution >= 0.6 is 11.8 Å². The molecule has 5 nitrogen and oxygen atoms in total. The van der Waals surface area contributed by atoms with Crippen LogP contribution in [0, 0.1) is 0 Å². The lowest BCUT2D eigenvalue weighted by Gasteiger charge is -2.20. The van der Waals surface area contributed by atoms with Gasteiger partial charge in [-0.25, -0.2) is 0 Å². The molecule has 0 aliphatic heterocycles. The topological polar surface area (TPSA) is 61.4 Å². The normalized spacial score (nSPS) is 18.2. The highest BCUT2D eigenvalue weighted by Crippen LogP contribution is 2.18. The van der Waals surface area contributed by atoms with Crippen LogP contribution in [0.3, 0.4) is 0 Å². The van der Waals surface area contributed by atoms with Crippen molar-refractivity contribution in [2.24, 2.45) is 0 Å². The number of nitrogens with one attached hydrogen (secondary N) is 2. The monoisotopic (exact) mass is 295 g/mol. The van der Waals surface area contributed by atoms with E-state index in [1.165, 1.54) is 17.1 Å². The Morgan fingerprint density at radius 1 is 1.44 bits per heavy atom. The third kappa shape index (κ3) is 6.38. The van der Waals surface area contributed by atoms with Crippen molar-refractivity contribution in [3.63, 3.8) is 0 Å². The van der Waals surface area contributed by atoms with Crippen LogP contribution in [0.1, 0.15) is 26.2 Å². The van der Waals surface area contributed by atoms with E-state index in [1.807, 2.05) is 13.2 Å². The van der Waals surface area contributed by atoms with Crippen molar-refractivity contribution >= 4 is 22.0 Å². The Morgan fingerprint density at radius 2 is 2.11 bits per heavy atom. The van der Waals surface area contributed by atoms with Gasteiger partial charge in [-0.2, -0.15) is 29.2 Å². The summed E-state index contributed by atoms with van der Waals surface area (Å²) in [7, 11) is -1.69. The van der Waals surface area contributed by atoms with Gasteiger partial charge in [0.15, 0.2) is 0 Å². The van der Waals surface area contributed by atoms with Crippen molar-refractivity contribution in [1.29, 1.82) is 0 Å². The molecule has 0 radical (unpaired) electrons. The second-order valence-electron chi connectivity index (χ2n) is 4.88. The molecule has 0 aromatic rings. The first-order chi connectivity index (χ1) is 8.45. The minimum atomic E-state index is -3.32. The zero-order chi connectivity index (χ0) is 13.6. The van der Waals surface area contributed by atoms with Crippen LogP contribution in [0.25, 0.3) is 0 Å².